The Labute approximate surface area is 118 Å². The molecule has 1 aromatic rings. The van der Waals surface area contributed by atoms with Crippen molar-refractivity contribution in [3.8, 4) is 0 Å². The van der Waals surface area contributed by atoms with Crippen molar-refractivity contribution in [2.75, 3.05) is 6.54 Å². The molecule has 0 saturated heterocycles. The number of hydrogen-bond donors (Lipinski definition) is 2. The number of benzene rings is 1. The van der Waals surface area contributed by atoms with E-state index in [2.05, 4.69) is 17.5 Å². The van der Waals surface area contributed by atoms with Gasteiger partial charge in [0.05, 0.1) is 12.0 Å². The van der Waals surface area contributed by atoms with Gasteiger partial charge < -0.3 is 10.4 Å². The van der Waals surface area contributed by atoms with Gasteiger partial charge in [0.25, 0.3) is 0 Å². The van der Waals surface area contributed by atoms with E-state index in [4.69, 9.17) is 5.11 Å². The van der Waals surface area contributed by atoms with Crippen LogP contribution >= 0.6 is 0 Å². The van der Waals surface area contributed by atoms with Gasteiger partial charge in [-0.15, -0.1) is 0 Å². The molecule has 2 rings (SSSR count). The molecule has 0 aromatic heterocycles. The first kappa shape index (κ1) is 14.3. The Hall–Kier alpha value is -2.10. The zero-order valence-electron chi connectivity index (χ0n) is 11.3. The summed E-state index contributed by atoms with van der Waals surface area (Å²) in [6.07, 6.45) is 7.91. The maximum Gasteiger partial charge on any atom is 0.335 e. The molecule has 2 N–H and O–H groups in total. The number of nitrogens with one attached hydrogen (secondary N) is 1. The van der Waals surface area contributed by atoms with Crippen molar-refractivity contribution < 1.29 is 14.7 Å². The summed E-state index contributed by atoms with van der Waals surface area (Å²) >= 11 is 0. The SMILES string of the molecule is O=C(Cc1ccc(C(=O)O)cc1)NCC1CC=CCC1. The third-order valence-corrected chi connectivity index (χ3v) is 3.53. The molecule has 20 heavy (non-hydrogen) atoms. The van der Waals surface area contributed by atoms with Gasteiger partial charge in [0.15, 0.2) is 0 Å². The lowest BCUT2D eigenvalue weighted by atomic mass is 9.94. The largest absolute Gasteiger partial charge is 0.478 e. The van der Waals surface area contributed by atoms with Crippen LogP contribution in [0.25, 0.3) is 0 Å². The molecule has 0 radical (unpaired) electrons. The van der Waals surface area contributed by atoms with E-state index in [9.17, 15) is 9.59 Å². The highest BCUT2D eigenvalue weighted by Crippen LogP contribution is 2.16. The fourth-order valence-corrected chi connectivity index (χ4v) is 2.31. The lowest BCUT2D eigenvalue weighted by molar-refractivity contribution is -0.120. The van der Waals surface area contributed by atoms with Crippen LogP contribution in [0.15, 0.2) is 36.4 Å². The van der Waals surface area contributed by atoms with Crippen molar-refractivity contribution in [3.63, 3.8) is 0 Å². The molecule has 1 unspecified atom stereocenters. The van der Waals surface area contributed by atoms with Crippen molar-refractivity contribution in [3.05, 3.63) is 47.5 Å². The number of aromatic carboxylic acids is 1. The first-order chi connectivity index (χ1) is 9.65. The number of carboxylic acid groups (broad SMARTS) is 1. The third-order valence-electron chi connectivity index (χ3n) is 3.53. The Kier molecular flexibility index (Phi) is 4.93. The Morgan fingerprint density at radius 1 is 1.20 bits per heavy atom. The first-order valence-corrected chi connectivity index (χ1v) is 6.89. The van der Waals surface area contributed by atoms with Crippen LogP contribution in [0, 0.1) is 5.92 Å². The number of rotatable bonds is 5. The zero-order chi connectivity index (χ0) is 14.4. The molecule has 1 amide bonds. The lowest BCUT2D eigenvalue weighted by Crippen LogP contribution is -2.30. The summed E-state index contributed by atoms with van der Waals surface area (Å²) in [6, 6.07) is 6.42. The molecule has 1 aliphatic carbocycles. The van der Waals surface area contributed by atoms with Gasteiger partial charge >= 0.3 is 5.97 Å². The van der Waals surface area contributed by atoms with E-state index in [-0.39, 0.29) is 11.5 Å². The molecule has 0 bridgehead atoms. The maximum atomic E-state index is 11.8. The van der Waals surface area contributed by atoms with Crippen molar-refractivity contribution >= 4 is 11.9 Å². The van der Waals surface area contributed by atoms with Gasteiger partial charge in [-0.05, 0) is 42.9 Å². The highest BCUT2D eigenvalue weighted by molar-refractivity contribution is 5.87. The van der Waals surface area contributed by atoms with Crippen molar-refractivity contribution in [1.29, 1.82) is 0 Å². The molecule has 0 spiro atoms. The summed E-state index contributed by atoms with van der Waals surface area (Å²) in [4.78, 5) is 22.6. The predicted molar refractivity (Wildman–Crippen MR) is 76.6 cm³/mol. The Morgan fingerprint density at radius 2 is 1.95 bits per heavy atom. The van der Waals surface area contributed by atoms with Gasteiger partial charge in [0.1, 0.15) is 0 Å². The predicted octanol–water partition coefficient (Wildman–Crippen LogP) is 2.40. The van der Waals surface area contributed by atoms with Crippen LogP contribution < -0.4 is 5.32 Å². The minimum atomic E-state index is -0.952. The molecule has 4 nitrogen and oxygen atoms in total. The van der Waals surface area contributed by atoms with Gasteiger partial charge in [-0.1, -0.05) is 24.3 Å². The molecule has 1 aliphatic rings. The second-order valence-electron chi connectivity index (χ2n) is 5.13. The van der Waals surface area contributed by atoms with Crippen molar-refractivity contribution in [2.24, 2.45) is 5.92 Å². The summed E-state index contributed by atoms with van der Waals surface area (Å²) in [7, 11) is 0. The van der Waals surface area contributed by atoms with E-state index in [1.165, 1.54) is 12.1 Å². The molecule has 1 aromatic carbocycles. The van der Waals surface area contributed by atoms with E-state index in [0.717, 1.165) is 31.4 Å². The van der Waals surface area contributed by atoms with E-state index >= 15 is 0 Å². The normalized spacial score (nSPS) is 17.7. The van der Waals surface area contributed by atoms with Gasteiger partial charge in [-0.25, -0.2) is 4.79 Å². The minimum Gasteiger partial charge on any atom is -0.478 e. The second-order valence-corrected chi connectivity index (χ2v) is 5.13. The zero-order valence-corrected chi connectivity index (χ0v) is 11.3. The number of carboxylic acids is 1. The number of allylic oxidation sites excluding steroid dienone is 2. The number of carbonyl (C=O) groups excluding carboxylic acids is 1. The summed E-state index contributed by atoms with van der Waals surface area (Å²) in [6.45, 7) is 0.719. The van der Waals surface area contributed by atoms with E-state index in [0.29, 0.717) is 12.3 Å². The first-order valence-electron chi connectivity index (χ1n) is 6.89. The summed E-state index contributed by atoms with van der Waals surface area (Å²) in [5.41, 5.74) is 1.07. The average Bonchev–Trinajstić information content (AvgIpc) is 2.47. The van der Waals surface area contributed by atoms with Crippen LogP contribution in [0.2, 0.25) is 0 Å². The Bertz CT molecular complexity index is 505. The third kappa shape index (κ3) is 4.23. The van der Waals surface area contributed by atoms with Crippen molar-refractivity contribution in [2.45, 2.75) is 25.7 Å². The summed E-state index contributed by atoms with van der Waals surface area (Å²) < 4.78 is 0. The molecule has 0 heterocycles. The smallest absolute Gasteiger partial charge is 0.335 e. The topological polar surface area (TPSA) is 66.4 Å². The van der Waals surface area contributed by atoms with Gasteiger partial charge in [-0.3, -0.25) is 4.79 Å². The highest BCUT2D eigenvalue weighted by Gasteiger charge is 2.11. The molecule has 0 saturated carbocycles. The second kappa shape index (κ2) is 6.89. The van der Waals surface area contributed by atoms with Gasteiger partial charge in [0, 0.05) is 6.54 Å². The minimum absolute atomic E-state index is 0.0115. The fraction of sp³-hybridized carbons (Fsp3) is 0.375. The van der Waals surface area contributed by atoms with Gasteiger partial charge in [-0.2, -0.15) is 0 Å². The van der Waals surface area contributed by atoms with E-state index < -0.39 is 5.97 Å². The van der Waals surface area contributed by atoms with Crippen LogP contribution in [0.5, 0.6) is 0 Å². The average molecular weight is 273 g/mol. The molecular weight excluding hydrogens is 254 g/mol. The molecule has 1 atom stereocenters. The van der Waals surface area contributed by atoms with E-state index in [1.807, 2.05) is 0 Å². The molecular formula is C16H19NO3. The maximum absolute atomic E-state index is 11.8. The molecule has 0 fully saturated rings. The summed E-state index contributed by atoms with van der Waals surface area (Å²) in [5.74, 6) is -0.424. The lowest BCUT2D eigenvalue weighted by Gasteiger charge is -2.18. The van der Waals surface area contributed by atoms with E-state index in [1.54, 1.807) is 12.1 Å². The highest BCUT2D eigenvalue weighted by atomic mass is 16.4. The van der Waals surface area contributed by atoms with Crippen LogP contribution in [0.4, 0.5) is 0 Å². The van der Waals surface area contributed by atoms with Crippen LogP contribution in [0.1, 0.15) is 35.2 Å². The molecule has 0 aliphatic heterocycles. The fourth-order valence-electron chi connectivity index (χ4n) is 2.31. The van der Waals surface area contributed by atoms with Crippen LogP contribution in [-0.2, 0) is 11.2 Å². The molecule has 4 heteroatoms. The van der Waals surface area contributed by atoms with Crippen LogP contribution in [-0.4, -0.2) is 23.5 Å². The quantitative estimate of drug-likeness (QED) is 0.810. The Balaban J connectivity index is 1.78. The Morgan fingerprint density at radius 3 is 2.55 bits per heavy atom. The number of carbonyl (C=O) groups is 2. The standard InChI is InChI=1S/C16H19NO3/c18-15(17-11-13-4-2-1-3-5-13)10-12-6-8-14(9-7-12)16(19)20/h1-2,6-9,13H,3-5,10-11H2,(H,17,18)(H,19,20). The van der Waals surface area contributed by atoms with Crippen molar-refractivity contribution in [1.82, 2.24) is 5.32 Å². The van der Waals surface area contributed by atoms with Gasteiger partial charge in [0.2, 0.25) is 5.91 Å². The molecule has 106 valence electrons. The monoisotopic (exact) mass is 273 g/mol. The summed E-state index contributed by atoms with van der Waals surface area (Å²) in [5, 5.41) is 11.8. The number of amides is 1. The number of hydrogen-bond acceptors (Lipinski definition) is 2. The van der Waals surface area contributed by atoms with Crippen LogP contribution in [0.3, 0.4) is 0 Å².